The van der Waals surface area contributed by atoms with Crippen molar-refractivity contribution >= 4 is 17.4 Å². The molecule has 1 nitrogen and oxygen atoms in total. The van der Waals surface area contributed by atoms with Crippen LogP contribution in [0.3, 0.4) is 0 Å². The predicted octanol–water partition coefficient (Wildman–Crippen LogP) is 5.00. The minimum absolute atomic E-state index is 0.116. The molecule has 0 saturated heterocycles. The summed E-state index contributed by atoms with van der Waals surface area (Å²) in [7, 11) is 0. The van der Waals surface area contributed by atoms with Gasteiger partial charge >= 0.3 is 0 Å². The molecule has 0 amide bonds. The van der Waals surface area contributed by atoms with E-state index in [0.717, 1.165) is 11.1 Å². The number of rotatable bonds is 3. The van der Waals surface area contributed by atoms with Crippen LogP contribution in [0.5, 0.6) is 0 Å². The maximum Gasteiger partial charge on any atom is 0.167 e. The van der Waals surface area contributed by atoms with Crippen LogP contribution in [0.4, 0.5) is 0 Å². The Morgan fingerprint density at radius 2 is 1.45 bits per heavy atom. The molecule has 0 fully saturated rings. The molecule has 0 aromatic heterocycles. The summed E-state index contributed by atoms with van der Waals surface area (Å²) < 4.78 is 0. The molecule has 0 bridgehead atoms. The van der Waals surface area contributed by atoms with Crippen LogP contribution >= 0.6 is 11.6 Å². The zero-order chi connectivity index (χ0) is 14.9. The second-order valence-corrected chi connectivity index (χ2v) is 5.93. The van der Waals surface area contributed by atoms with E-state index in [4.69, 9.17) is 11.6 Å². The van der Waals surface area contributed by atoms with Crippen LogP contribution in [0.25, 0.3) is 0 Å². The molecular formula is C18H19ClO. The largest absolute Gasteiger partial charge is 0.294 e. The Balaban J connectivity index is 2.32. The van der Waals surface area contributed by atoms with Crippen molar-refractivity contribution in [2.45, 2.75) is 34.1 Å². The first-order valence-electron chi connectivity index (χ1n) is 6.74. The van der Waals surface area contributed by atoms with Crippen molar-refractivity contribution < 1.29 is 4.79 Å². The first-order chi connectivity index (χ1) is 9.36. The van der Waals surface area contributed by atoms with E-state index in [1.54, 1.807) is 6.07 Å². The van der Waals surface area contributed by atoms with Gasteiger partial charge in [0.15, 0.2) is 5.78 Å². The van der Waals surface area contributed by atoms with Crippen LogP contribution in [0.2, 0.25) is 5.02 Å². The second-order valence-electron chi connectivity index (χ2n) is 5.49. The maximum absolute atomic E-state index is 12.4. The topological polar surface area (TPSA) is 17.1 Å². The van der Waals surface area contributed by atoms with Gasteiger partial charge in [0.25, 0.3) is 0 Å². The van der Waals surface area contributed by atoms with Gasteiger partial charge in [-0.3, -0.25) is 4.79 Å². The van der Waals surface area contributed by atoms with Gasteiger partial charge in [-0.15, -0.1) is 0 Å². The number of Topliss-reactive ketones (excluding diaryl/α,β-unsaturated/α-hetero) is 1. The minimum Gasteiger partial charge on any atom is -0.294 e. The highest BCUT2D eigenvalue weighted by molar-refractivity contribution is 6.31. The molecule has 0 unspecified atom stereocenters. The van der Waals surface area contributed by atoms with Crippen LogP contribution in [-0.2, 0) is 6.42 Å². The number of aryl methyl sites for hydroxylation is 4. The summed E-state index contributed by atoms with van der Waals surface area (Å²) in [4.78, 5) is 12.4. The van der Waals surface area contributed by atoms with Gasteiger partial charge in [0, 0.05) is 17.0 Å². The smallest absolute Gasteiger partial charge is 0.167 e. The first kappa shape index (κ1) is 14.8. The highest BCUT2D eigenvalue weighted by Crippen LogP contribution is 2.21. The average Bonchev–Trinajstić information content (AvgIpc) is 2.32. The molecule has 0 atom stereocenters. The number of carbonyl (C=O) groups excluding carboxylic acids is 1. The van der Waals surface area contributed by atoms with Crippen molar-refractivity contribution in [3.05, 3.63) is 68.7 Å². The van der Waals surface area contributed by atoms with Gasteiger partial charge in [-0.2, -0.15) is 0 Å². The Kier molecular flexibility index (Phi) is 4.29. The Bertz CT molecular complexity index is 628. The quantitative estimate of drug-likeness (QED) is 0.726. The van der Waals surface area contributed by atoms with E-state index in [1.807, 2.05) is 19.1 Å². The molecule has 0 aliphatic carbocycles. The summed E-state index contributed by atoms with van der Waals surface area (Å²) in [6.07, 6.45) is 0.428. The van der Waals surface area contributed by atoms with Crippen molar-refractivity contribution in [1.82, 2.24) is 0 Å². The van der Waals surface area contributed by atoms with Crippen molar-refractivity contribution in [3.63, 3.8) is 0 Å². The molecule has 0 spiro atoms. The number of benzene rings is 2. The molecule has 0 radical (unpaired) electrons. The number of hydrogen-bond donors (Lipinski definition) is 0. The Morgan fingerprint density at radius 3 is 2.00 bits per heavy atom. The maximum atomic E-state index is 12.4. The van der Waals surface area contributed by atoms with Crippen molar-refractivity contribution in [3.8, 4) is 0 Å². The van der Waals surface area contributed by atoms with Gasteiger partial charge in [0.1, 0.15) is 0 Å². The van der Waals surface area contributed by atoms with Crippen LogP contribution in [0.1, 0.15) is 38.2 Å². The highest BCUT2D eigenvalue weighted by atomic mass is 35.5. The molecule has 0 saturated carbocycles. The molecule has 0 heterocycles. The zero-order valence-electron chi connectivity index (χ0n) is 12.4. The summed E-state index contributed by atoms with van der Waals surface area (Å²) in [6.45, 7) is 8.15. The van der Waals surface area contributed by atoms with Crippen molar-refractivity contribution in [2.24, 2.45) is 0 Å². The Morgan fingerprint density at radius 1 is 0.900 bits per heavy atom. The fourth-order valence-corrected chi connectivity index (χ4v) is 2.94. The SMILES string of the molecule is Cc1cc(Cl)cc(C(=O)Cc2c(C)cc(C)cc2C)c1. The van der Waals surface area contributed by atoms with Gasteiger partial charge in [-0.25, -0.2) is 0 Å². The number of ketones is 1. The molecule has 0 N–H and O–H groups in total. The van der Waals surface area contributed by atoms with Gasteiger partial charge in [0.2, 0.25) is 0 Å². The molecular weight excluding hydrogens is 268 g/mol. The lowest BCUT2D eigenvalue weighted by Crippen LogP contribution is -2.07. The van der Waals surface area contributed by atoms with E-state index >= 15 is 0 Å². The number of hydrogen-bond acceptors (Lipinski definition) is 1. The molecule has 2 aromatic carbocycles. The number of halogens is 1. The third-order valence-electron chi connectivity index (χ3n) is 3.54. The zero-order valence-corrected chi connectivity index (χ0v) is 13.1. The summed E-state index contributed by atoms with van der Waals surface area (Å²) in [5.74, 6) is 0.116. The highest BCUT2D eigenvalue weighted by Gasteiger charge is 2.12. The third-order valence-corrected chi connectivity index (χ3v) is 3.76. The summed E-state index contributed by atoms with van der Waals surface area (Å²) in [5, 5.41) is 0.616. The second kappa shape index (κ2) is 5.80. The standard InChI is InChI=1S/C18H19ClO/c1-11-5-13(3)17(14(4)6-11)10-18(20)15-7-12(2)8-16(19)9-15/h5-9H,10H2,1-4H3. The third kappa shape index (κ3) is 3.29. The lowest BCUT2D eigenvalue weighted by molar-refractivity contribution is 0.0992. The van der Waals surface area contributed by atoms with Crippen LogP contribution < -0.4 is 0 Å². The molecule has 2 heteroatoms. The van der Waals surface area contributed by atoms with Crippen molar-refractivity contribution in [1.29, 1.82) is 0 Å². The van der Waals surface area contributed by atoms with E-state index < -0.39 is 0 Å². The van der Waals surface area contributed by atoms with Crippen molar-refractivity contribution in [2.75, 3.05) is 0 Å². The van der Waals surface area contributed by atoms with Gasteiger partial charge in [0.05, 0.1) is 0 Å². The first-order valence-corrected chi connectivity index (χ1v) is 7.11. The monoisotopic (exact) mass is 286 g/mol. The normalized spacial score (nSPS) is 10.7. The van der Waals surface area contributed by atoms with E-state index in [2.05, 4.69) is 32.9 Å². The predicted molar refractivity (Wildman–Crippen MR) is 84.9 cm³/mol. The van der Waals surface area contributed by atoms with E-state index in [-0.39, 0.29) is 5.78 Å². The van der Waals surface area contributed by atoms with Crippen LogP contribution in [-0.4, -0.2) is 5.78 Å². The van der Waals surface area contributed by atoms with Gasteiger partial charge < -0.3 is 0 Å². The Labute approximate surface area is 125 Å². The molecule has 20 heavy (non-hydrogen) atoms. The lowest BCUT2D eigenvalue weighted by atomic mass is 9.93. The number of carbonyl (C=O) groups is 1. The van der Waals surface area contributed by atoms with E-state index in [9.17, 15) is 4.79 Å². The van der Waals surface area contributed by atoms with Gasteiger partial charge in [-0.05, 0) is 68.1 Å². The van der Waals surface area contributed by atoms with Gasteiger partial charge in [-0.1, -0.05) is 29.3 Å². The fourth-order valence-electron chi connectivity index (χ4n) is 2.65. The van der Waals surface area contributed by atoms with Crippen LogP contribution in [0.15, 0.2) is 30.3 Å². The fraction of sp³-hybridized carbons (Fsp3) is 0.278. The summed E-state index contributed by atoms with van der Waals surface area (Å²) >= 11 is 6.03. The molecule has 2 rings (SSSR count). The molecule has 104 valence electrons. The average molecular weight is 287 g/mol. The van der Waals surface area contributed by atoms with E-state index in [0.29, 0.717) is 17.0 Å². The molecule has 2 aromatic rings. The van der Waals surface area contributed by atoms with Crippen LogP contribution in [0, 0.1) is 27.7 Å². The molecule has 0 aliphatic heterocycles. The lowest BCUT2D eigenvalue weighted by Gasteiger charge is -2.11. The summed E-state index contributed by atoms with van der Waals surface area (Å²) in [5.41, 5.74) is 6.41. The van der Waals surface area contributed by atoms with E-state index in [1.165, 1.54) is 16.7 Å². The molecule has 0 aliphatic rings. The Hall–Kier alpha value is -1.60. The summed E-state index contributed by atoms with van der Waals surface area (Å²) in [6, 6.07) is 9.75. The minimum atomic E-state index is 0.116.